The van der Waals surface area contributed by atoms with Crippen molar-refractivity contribution in [1.82, 2.24) is 9.71 Å². The number of aromatic nitrogens is 1. The van der Waals surface area contributed by atoms with Crippen molar-refractivity contribution in [2.45, 2.75) is 24.3 Å². The molecular weight excluding hydrogens is 528 g/mol. The number of ether oxygens (including phenoxy) is 1. The lowest BCUT2D eigenvalue weighted by molar-refractivity contribution is -0.136. The third-order valence-electron chi connectivity index (χ3n) is 6.82. The van der Waals surface area contributed by atoms with Gasteiger partial charge in [-0.2, -0.15) is 4.72 Å². The molecule has 1 atom stereocenters. The highest BCUT2D eigenvalue weighted by molar-refractivity contribution is 7.89. The summed E-state index contributed by atoms with van der Waals surface area (Å²) in [5, 5.41) is 2.72. The molecule has 200 valence electrons. The van der Waals surface area contributed by atoms with Crippen molar-refractivity contribution in [2.75, 3.05) is 0 Å². The molecule has 0 aliphatic heterocycles. The Balaban J connectivity index is 1.34. The highest BCUT2D eigenvalue weighted by atomic mass is 32.2. The molecule has 2 aromatic heterocycles. The van der Waals surface area contributed by atoms with Gasteiger partial charge in [0, 0.05) is 35.0 Å². The van der Waals surface area contributed by atoms with Gasteiger partial charge in [0.25, 0.3) is 0 Å². The van der Waals surface area contributed by atoms with Gasteiger partial charge in [0.05, 0.1) is 10.3 Å². The zero-order valence-electron chi connectivity index (χ0n) is 21.4. The molecule has 0 spiro atoms. The summed E-state index contributed by atoms with van der Waals surface area (Å²) < 4.78 is 40.2. The van der Waals surface area contributed by atoms with Crippen molar-refractivity contribution in [3.8, 4) is 5.75 Å². The number of sulfonamides is 1. The normalized spacial score (nSPS) is 12.6. The summed E-state index contributed by atoms with van der Waals surface area (Å²) in [6, 6.07) is 24.5. The van der Waals surface area contributed by atoms with Gasteiger partial charge in [-0.1, -0.05) is 54.1 Å². The molecule has 40 heavy (non-hydrogen) atoms. The zero-order chi connectivity index (χ0) is 27.9. The van der Waals surface area contributed by atoms with Crippen LogP contribution in [0.3, 0.4) is 0 Å². The lowest BCUT2D eigenvalue weighted by atomic mass is 10.1. The maximum atomic E-state index is 13.5. The van der Waals surface area contributed by atoms with Crippen LogP contribution in [-0.2, 0) is 21.2 Å². The van der Waals surface area contributed by atoms with E-state index >= 15 is 0 Å². The van der Waals surface area contributed by atoms with Crippen molar-refractivity contribution in [1.29, 1.82) is 0 Å². The summed E-state index contributed by atoms with van der Waals surface area (Å²) in [6.07, 6.45) is 1.79. The molecule has 0 radical (unpaired) electrons. The predicted molar refractivity (Wildman–Crippen MR) is 153 cm³/mol. The second kappa shape index (κ2) is 10.1. The Hall–Kier alpha value is -4.73. The van der Waals surface area contributed by atoms with E-state index in [0.717, 1.165) is 27.4 Å². The van der Waals surface area contributed by atoms with Gasteiger partial charge < -0.3 is 14.1 Å². The van der Waals surface area contributed by atoms with Crippen molar-refractivity contribution in [3.63, 3.8) is 0 Å². The van der Waals surface area contributed by atoms with E-state index in [1.54, 1.807) is 42.6 Å². The quantitative estimate of drug-likeness (QED) is 0.121. The first-order chi connectivity index (χ1) is 19.3. The summed E-state index contributed by atoms with van der Waals surface area (Å²) in [5.74, 6) is -0.683. The fraction of sp³-hybridized carbons (Fsp3) is 0.0968. The molecule has 0 fully saturated rings. The van der Waals surface area contributed by atoms with E-state index in [9.17, 15) is 18.0 Å². The third-order valence-corrected chi connectivity index (χ3v) is 8.31. The summed E-state index contributed by atoms with van der Waals surface area (Å²) in [5.41, 5.74) is 2.27. The van der Waals surface area contributed by atoms with E-state index in [4.69, 9.17) is 9.15 Å². The highest BCUT2D eigenvalue weighted by Crippen LogP contribution is 2.27. The molecule has 0 aliphatic carbocycles. The molecule has 0 bridgehead atoms. The van der Waals surface area contributed by atoms with Crippen LogP contribution >= 0.6 is 0 Å². The number of aromatic amines is 1. The van der Waals surface area contributed by atoms with Gasteiger partial charge in [-0.05, 0) is 54.3 Å². The van der Waals surface area contributed by atoms with Crippen molar-refractivity contribution < 1.29 is 22.4 Å². The first-order valence-corrected chi connectivity index (χ1v) is 14.1. The van der Waals surface area contributed by atoms with Gasteiger partial charge in [-0.15, -0.1) is 0 Å². The van der Waals surface area contributed by atoms with Gasteiger partial charge in [0.1, 0.15) is 17.4 Å². The van der Waals surface area contributed by atoms with E-state index < -0.39 is 27.7 Å². The number of carbonyl (C=O) groups excluding carboxylic acids is 1. The highest BCUT2D eigenvalue weighted by Gasteiger charge is 2.29. The number of H-pyrrole nitrogens is 1. The smallest absolute Gasteiger partial charge is 0.344 e. The number of fused-ring (bicyclic) bond motifs is 4. The number of hydrogen-bond acceptors (Lipinski definition) is 6. The molecule has 6 rings (SSSR count). The maximum Gasteiger partial charge on any atom is 0.344 e. The molecule has 2 N–H and O–H groups in total. The molecule has 0 aliphatic rings. The Morgan fingerprint density at radius 2 is 1.60 bits per heavy atom. The van der Waals surface area contributed by atoms with Crippen LogP contribution in [0.1, 0.15) is 11.1 Å². The number of para-hydroxylation sites is 1. The number of hydrogen-bond donors (Lipinski definition) is 2. The first kappa shape index (κ1) is 25.5. The van der Waals surface area contributed by atoms with Crippen molar-refractivity contribution >= 4 is 48.6 Å². The average molecular weight is 553 g/mol. The van der Waals surface area contributed by atoms with Gasteiger partial charge in [0.15, 0.2) is 0 Å². The fourth-order valence-electron chi connectivity index (χ4n) is 4.78. The number of benzene rings is 4. The van der Waals surface area contributed by atoms with E-state index in [1.807, 2.05) is 43.3 Å². The Bertz CT molecular complexity index is 2060. The molecule has 9 heteroatoms. The topological polar surface area (TPSA) is 118 Å². The molecule has 0 amide bonds. The number of esters is 1. The minimum Gasteiger partial charge on any atom is -0.425 e. The van der Waals surface area contributed by atoms with Gasteiger partial charge in [-0.25, -0.2) is 18.0 Å². The molecule has 2 heterocycles. The second-order valence-electron chi connectivity index (χ2n) is 9.56. The van der Waals surface area contributed by atoms with Crippen LogP contribution in [0.25, 0.3) is 32.6 Å². The lowest BCUT2D eigenvalue weighted by Crippen LogP contribution is -2.44. The number of carbonyl (C=O) groups is 1. The largest absolute Gasteiger partial charge is 0.425 e. The minimum atomic E-state index is -4.06. The third kappa shape index (κ3) is 4.88. The maximum absolute atomic E-state index is 13.5. The monoisotopic (exact) mass is 552 g/mol. The van der Waals surface area contributed by atoms with Crippen LogP contribution in [0, 0.1) is 6.92 Å². The number of rotatable bonds is 7. The average Bonchev–Trinajstić information content (AvgIpc) is 3.35. The van der Waals surface area contributed by atoms with E-state index in [1.165, 1.54) is 18.2 Å². The minimum absolute atomic E-state index is 0.0363. The standard InChI is InChI=1S/C31H24N2O6S/c1-19-10-13-22(14-11-19)40(36,37)33-28(16-20-18-32-27-9-5-4-6-23(20)27)31(35)38-21-12-15-25-24-7-2-3-8-26(24)30(34)39-29(25)17-21/h2-15,17-18,28,32-33H,16H2,1H3/t28-/m1/s1. The first-order valence-electron chi connectivity index (χ1n) is 12.6. The number of aryl methyl sites for hydroxylation is 1. The molecule has 0 saturated carbocycles. The van der Waals surface area contributed by atoms with Crippen LogP contribution in [0.4, 0.5) is 0 Å². The Labute approximate surface area is 229 Å². The molecule has 6 aromatic rings. The van der Waals surface area contributed by atoms with Gasteiger partial charge >= 0.3 is 11.6 Å². The zero-order valence-corrected chi connectivity index (χ0v) is 22.2. The Kier molecular flexibility index (Phi) is 6.45. The van der Waals surface area contributed by atoms with Crippen LogP contribution in [0.5, 0.6) is 5.75 Å². The molecular formula is C31H24N2O6S. The lowest BCUT2D eigenvalue weighted by Gasteiger charge is -2.18. The van der Waals surface area contributed by atoms with Crippen molar-refractivity contribution in [2.24, 2.45) is 0 Å². The molecule has 8 nitrogen and oxygen atoms in total. The van der Waals surface area contributed by atoms with Crippen LogP contribution in [-0.4, -0.2) is 25.4 Å². The van der Waals surface area contributed by atoms with E-state index in [-0.39, 0.29) is 22.6 Å². The Morgan fingerprint density at radius 1 is 0.900 bits per heavy atom. The molecule has 4 aromatic carbocycles. The van der Waals surface area contributed by atoms with Crippen LogP contribution in [0.2, 0.25) is 0 Å². The predicted octanol–water partition coefficient (Wildman–Crippen LogP) is 5.23. The summed E-state index contributed by atoms with van der Waals surface area (Å²) in [6.45, 7) is 1.86. The summed E-state index contributed by atoms with van der Waals surface area (Å²) in [4.78, 5) is 29.2. The van der Waals surface area contributed by atoms with Crippen LogP contribution in [0.15, 0.2) is 111 Å². The van der Waals surface area contributed by atoms with Crippen LogP contribution < -0.4 is 15.1 Å². The van der Waals surface area contributed by atoms with E-state index in [2.05, 4.69) is 9.71 Å². The number of nitrogens with one attached hydrogen (secondary N) is 2. The molecule has 0 unspecified atom stereocenters. The van der Waals surface area contributed by atoms with Gasteiger partial charge in [0.2, 0.25) is 10.0 Å². The SMILES string of the molecule is Cc1ccc(S(=O)(=O)N[C@H](Cc2c[nH]c3ccccc23)C(=O)Oc2ccc3c(c2)oc(=O)c2ccccc23)cc1. The summed E-state index contributed by atoms with van der Waals surface area (Å²) in [7, 11) is -4.06. The Morgan fingerprint density at radius 3 is 2.38 bits per heavy atom. The van der Waals surface area contributed by atoms with E-state index in [0.29, 0.717) is 10.8 Å². The van der Waals surface area contributed by atoms with Gasteiger partial charge in [-0.3, -0.25) is 0 Å². The molecule has 0 saturated heterocycles. The second-order valence-corrected chi connectivity index (χ2v) is 11.3. The van der Waals surface area contributed by atoms with Crippen molar-refractivity contribution in [3.05, 3.63) is 119 Å². The summed E-state index contributed by atoms with van der Waals surface area (Å²) >= 11 is 0. The fourth-order valence-corrected chi connectivity index (χ4v) is 5.96.